The van der Waals surface area contributed by atoms with Gasteiger partial charge >= 0.3 is 6.18 Å². The van der Waals surface area contributed by atoms with E-state index in [1.54, 1.807) is 13.0 Å². The van der Waals surface area contributed by atoms with Gasteiger partial charge in [-0.15, -0.1) is 0 Å². The summed E-state index contributed by atoms with van der Waals surface area (Å²) in [5.41, 5.74) is 0.261. The molecule has 0 radical (unpaired) electrons. The molecule has 1 aliphatic carbocycles. The molecule has 0 unspecified atom stereocenters. The van der Waals surface area contributed by atoms with Crippen molar-refractivity contribution in [2.75, 3.05) is 0 Å². The molecule has 0 N–H and O–H groups in total. The monoisotopic (exact) mass is 148 g/mol. The topological polar surface area (TPSA) is 0 Å². The van der Waals surface area contributed by atoms with Crippen LogP contribution in [0.2, 0.25) is 0 Å². The van der Waals surface area contributed by atoms with Crippen LogP contribution >= 0.6 is 0 Å². The molecule has 0 aromatic heterocycles. The maximum Gasteiger partial charge on any atom is 0.413 e. The van der Waals surface area contributed by atoms with Crippen LogP contribution in [0.15, 0.2) is 23.3 Å². The maximum absolute atomic E-state index is 11.8. The predicted octanol–water partition coefficient (Wildman–Crippen LogP) is 2.83. The largest absolute Gasteiger partial charge is 0.413 e. The highest BCUT2D eigenvalue weighted by atomic mass is 19.4. The lowest BCUT2D eigenvalue weighted by atomic mass is 10.2. The zero-order valence-corrected chi connectivity index (χ0v) is 5.50. The summed E-state index contributed by atoms with van der Waals surface area (Å²) in [5, 5.41) is 0. The van der Waals surface area contributed by atoms with Gasteiger partial charge in [-0.3, -0.25) is 0 Å². The Labute approximate surface area is 57.0 Å². The lowest BCUT2D eigenvalue weighted by Gasteiger charge is -2.04. The molecule has 0 fully saturated rings. The number of rotatable bonds is 0. The Balaban J connectivity index is 2.73. The molecule has 0 aromatic carbocycles. The van der Waals surface area contributed by atoms with Gasteiger partial charge in [0.2, 0.25) is 0 Å². The Morgan fingerprint density at radius 1 is 1.40 bits per heavy atom. The molecule has 0 aliphatic heterocycles. The fourth-order valence-electron chi connectivity index (χ4n) is 0.861. The molecule has 56 valence electrons. The molecule has 10 heavy (non-hydrogen) atoms. The van der Waals surface area contributed by atoms with Gasteiger partial charge in [0.1, 0.15) is 0 Å². The van der Waals surface area contributed by atoms with Crippen LogP contribution in [0, 0.1) is 0 Å². The summed E-state index contributed by atoms with van der Waals surface area (Å²) >= 11 is 0. The van der Waals surface area contributed by atoms with Crippen LogP contribution in [0.5, 0.6) is 0 Å². The molecular weight excluding hydrogens is 141 g/mol. The van der Waals surface area contributed by atoms with Crippen molar-refractivity contribution in [3.63, 3.8) is 0 Å². The first-order valence-electron chi connectivity index (χ1n) is 2.94. The Hall–Kier alpha value is -0.730. The molecule has 0 saturated carbocycles. The third-order valence-corrected chi connectivity index (χ3v) is 1.41. The summed E-state index contributed by atoms with van der Waals surface area (Å²) < 4.78 is 35.5. The van der Waals surface area contributed by atoms with Gasteiger partial charge in [0.15, 0.2) is 0 Å². The molecule has 1 rings (SSSR count). The molecular formula is C7H7F3. The van der Waals surface area contributed by atoms with Crippen molar-refractivity contribution in [3.8, 4) is 0 Å². The maximum atomic E-state index is 11.8. The molecule has 0 atom stereocenters. The number of halogens is 3. The average molecular weight is 148 g/mol. The first-order valence-corrected chi connectivity index (χ1v) is 2.94. The highest BCUT2D eigenvalue weighted by molar-refractivity contribution is 5.33. The molecule has 0 bridgehead atoms. The van der Waals surface area contributed by atoms with Crippen molar-refractivity contribution in [2.24, 2.45) is 0 Å². The van der Waals surface area contributed by atoms with E-state index in [4.69, 9.17) is 0 Å². The zero-order chi connectivity index (χ0) is 7.78. The normalized spacial score (nSPS) is 18.8. The van der Waals surface area contributed by atoms with Crippen LogP contribution in [0.4, 0.5) is 13.2 Å². The zero-order valence-electron chi connectivity index (χ0n) is 5.50. The van der Waals surface area contributed by atoms with Crippen molar-refractivity contribution >= 4 is 0 Å². The van der Waals surface area contributed by atoms with E-state index >= 15 is 0 Å². The third kappa shape index (κ3) is 1.40. The van der Waals surface area contributed by atoms with Gasteiger partial charge in [0.05, 0.1) is 0 Å². The molecule has 0 amide bonds. The lowest BCUT2D eigenvalue weighted by molar-refractivity contribution is -0.0925. The standard InChI is InChI=1S/C7H7F3/c1-5-2-3-6(4-5)7(8,9)10/h2,4H,3H2,1H3. The first-order chi connectivity index (χ1) is 4.50. The Morgan fingerprint density at radius 2 is 2.00 bits per heavy atom. The van der Waals surface area contributed by atoms with E-state index in [1.807, 2.05) is 0 Å². The quantitative estimate of drug-likeness (QED) is 0.495. The van der Waals surface area contributed by atoms with Crippen LogP contribution in [0.25, 0.3) is 0 Å². The van der Waals surface area contributed by atoms with E-state index in [1.165, 1.54) is 6.08 Å². The summed E-state index contributed by atoms with van der Waals surface area (Å²) in [4.78, 5) is 0. The van der Waals surface area contributed by atoms with Crippen LogP contribution in [-0.2, 0) is 0 Å². The van der Waals surface area contributed by atoms with E-state index < -0.39 is 11.7 Å². The minimum atomic E-state index is -4.13. The van der Waals surface area contributed by atoms with Crippen LogP contribution in [-0.4, -0.2) is 6.18 Å². The van der Waals surface area contributed by atoms with Crippen molar-refractivity contribution in [2.45, 2.75) is 19.5 Å². The van der Waals surface area contributed by atoms with Crippen LogP contribution in [0.3, 0.4) is 0 Å². The van der Waals surface area contributed by atoms with E-state index in [2.05, 4.69) is 0 Å². The fraction of sp³-hybridized carbons (Fsp3) is 0.429. The van der Waals surface area contributed by atoms with Crippen LogP contribution < -0.4 is 0 Å². The summed E-state index contributed by atoms with van der Waals surface area (Å²) in [5.74, 6) is 0. The van der Waals surface area contributed by atoms with Crippen molar-refractivity contribution in [1.82, 2.24) is 0 Å². The van der Waals surface area contributed by atoms with E-state index in [0.717, 1.165) is 0 Å². The lowest BCUT2D eigenvalue weighted by Crippen LogP contribution is -2.09. The van der Waals surface area contributed by atoms with Crippen molar-refractivity contribution in [1.29, 1.82) is 0 Å². The molecule has 1 aliphatic rings. The van der Waals surface area contributed by atoms with E-state index in [0.29, 0.717) is 5.57 Å². The minimum Gasteiger partial charge on any atom is -0.166 e. The first kappa shape index (κ1) is 7.38. The van der Waals surface area contributed by atoms with Gasteiger partial charge < -0.3 is 0 Å². The Kier molecular flexibility index (Phi) is 1.58. The molecule has 0 saturated heterocycles. The van der Waals surface area contributed by atoms with E-state index in [9.17, 15) is 13.2 Å². The second kappa shape index (κ2) is 2.15. The molecule has 3 heteroatoms. The van der Waals surface area contributed by atoms with Crippen LogP contribution in [0.1, 0.15) is 13.3 Å². The summed E-state index contributed by atoms with van der Waals surface area (Å²) in [6, 6.07) is 0. The van der Waals surface area contributed by atoms with Gasteiger partial charge in [-0.2, -0.15) is 13.2 Å². The van der Waals surface area contributed by atoms with Gasteiger partial charge in [0, 0.05) is 5.57 Å². The van der Waals surface area contributed by atoms with Crippen molar-refractivity contribution in [3.05, 3.63) is 23.3 Å². The molecule has 0 aromatic rings. The average Bonchev–Trinajstić information content (AvgIpc) is 2.11. The van der Waals surface area contributed by atoms with Gasteiger partial charge in [-0.05, 0) is 13.3 Å². The number of hydrogen-bond donors (Lipinski definition) is 0. The predicted molar refractivity (Wildman–Crippen MR) is 32.5 cm³/mol. The Bertz CT molecular complexity index is 195. The van der Waals surface area contributed by atoms with Gasteiger partial charge in [-0.25, -0.2) is 0 Å². The van der Waals surface area contributed by atoms with Gasteiger partial charge in [-0.1, -0.05) is 17.7 Å². The third-order valence-electron chi connectivity index (χ3n) is 1.41. The smallest absolute Gasteiger partial charge is 0.166 e. The second-order valence-electron chi connectivity index (χ2n) is 2.32. The molecule has 0 heterocycles. The van der Waals surface area contributed by atoms with E-state index in [-0.39, 0.29) is 6.42 Å². The fourth-order valence-corrected chi connectivity index (χ4v) is 0.861. The molecule has 0 spiro atoms. The number of hydrogen-bond acceptors (Lipinski definition) is 0. The van der Waals surface area contributed by atoms with Gasteiger partial charge in [0.25, 0.3) is 0 Å². The van der Waals surface area contributed by atoms with Crippen molar-refractivity contribution < 1.29 is 13.2 Å². The summed E-state index contributed by atoms with van der Waals surface area (Å²) in [6.07, 6.45) is -1.34. The summed E-state index contributed by atoms with van der Waals surface area (Å²) in [7, 11) is 0. The summed E-state index contributed by atoms with van der Waals surface area (Å²) in [6.45, 7) is 1.67. The number of allylic oxidation sites excluding steroid dienone is 4. The highest BCUT2D eigenvalue weighted by Gasteiger charge is 2.33. The highest BCUT2D eigenvalue weighted by Crippen LogP contribution is 2.32. The molecule has 0 nitrogen and oxygen atoms in total. The second-order valence-corrected chi connectivity index (χ2v) is 2.32. The SMILES string of the molecule is CC1=CCC(C(F)(F)F)=C1. The number of alkyl halides is 3. The Morgan fingerprint density at radius 3 is 2.20 bits per heavy atom. The minimum absolute atomic E-state index is 0.0370.